The van der Waals surface area contributed by atoms with E-state index < -0.39 is 0 Å². The highest BCUT2D eigenvalue weighted by atomic mass is 16.2. The van der Waals surface area contributed by atoms with Crippen LogP contribution in [0.2, 0.25) is 0 Å². The predicted molar refractivity (Wildman–Crippen MR) is 186 cm³/mol. The molecule has 2 aromatic rings. The van der Waals surface area contributed by atoms with Gasteiger partial charge in [0.25, 0.3) is 11.5 Å². The topological polar surface area (TPSA) is 137 Å². The van der Waals surface area contributed by atoms with Gasteiger partial charge < -0.3 is 26.0 Å². The standard InChI is InChI=1S/C31H40N6O4.2C2H6/c1-4-5-8-27-28(34-37(31(27)41)19-18-36-16-6-7-17-36)13-14-29(39)33-26(22-32)21-25(15-20-38)23-9-11-24(12-10-23)30(40)35(2)3;2*1-2/h4-5,8-12,15,20-22,34,38H,1,6-7,13-14,16-19,32H2,2-3H3,(H,33,39);2*1-2H3/b8-5-,20-15+,25-21+,26-22-;;. The van der Waals surface area contributed by atoms with Crippen molar-refractivity contribution in [1.29, 1.82) is 0 Å². The van der Waals surface area contributed by atoms with Gasteiger partial charge in [0.15, 0.2) is 0 Å². The molecule has 1 aromatic heterocycles. The molecule has 3 rings (SSSR count). The number of nitrogens with one attached hydrogen (secondary N) is 2. The van der Waals surface area contributed by atoms with Crippen molar-refractivity contribution in [3.05, 3.63) is 106 Å². The van der Waals surface area contributed by atoms with Crippen molar-refractivity contribution in [2.45, 2.75) is 59.9 Å². The molecule has 0 spiro atoms. The van der Waals surface area contributed by atoms with Gasteiger partial charge in [-0.2, -0.15) is 0 Å². The number of likely N-dealkylation sites (tertiary alicyclic amines) is 1. The van der Waals surface area contributed by atoms with Crippen LogP contribution in [0.25, 0.3) is 11.6 Å². The van der Waals surface area contributed by atoms with Crippen LogP contribution in [0.5, 0.6) is 0 Å². The van der Waals surface area contributed by atoms with Crippen molar-refractivity contribution < 1.29 is 14.7 Å². The molecule has 246 valence electrons. The average Bonchev–Trinajstić information content (AvgIpc) is 3.70. The third kappa shape index (κ3) is 12.1. The first-order chi connectivity index (χ1) is 21.8. The summed E-state index contributed by atoms with van der Waals surface area (Å²) in [6.45, 7) is 15.1. The number of carbonyl (C=O) groups is 2. The summed E-state index contributed by atoms with van der Waals surface area (Å²) in [4.78, 5) is 41.9. The van der Waals surface area contributed by atoms with Crippen LogP contribution in [0.15, 0.2) is 78.1 Å². The molecule has 2 heterocycles. The molecule has 2 amide bonds. The molecule has 10 nitrogen and oxygen atoms in total. The summed E-state index contributed by atoms with van der Waals surface area (Å²) >= 11 is 0. The second kappa shape index (κ2) is 21.2. The van der Waals surface area contributed by atoms with Gasteiger partial charge in [-0.15, -0.1) is 0 Å². The molecule has 0 saturated carbocycles. The van der Waals surface area contributed by atoms with E-state index in [2.05, 4.69) is 21.9 Å². The molecule has 0 unspecified atom stereocenters. The molecule has 0 bridgehead atoms. The molecule has 1 aromatic carbocycles. The molecule has 1 saturated heterocycles. The number of rotatable bonds is 13. The smallest absolute Gasteiger partial charge is 0.274 e. The number of aliphatic hydroxyl groups excluding tert-OH is 1. The lowest BCUT2D eigenvalue weighted by atomic mass is 10.0. The number of hydrogen-bond acceptors (Lipinski definition) is 6. The number of allylic oxidation sites excluding steroid dienone is 5. The average molecular weight is 621 g/mol. The second-order valence-corrected chi connectivity index (χ2v) is 9.97. The minimum absolute atomic E-state index is 0.110. The minimum atomic E-state index is -0.290. The zero-order chi connectivity index (χ0) is 33.8. The predicted octanol–water partition coefficient (Wildman–Crippen LogP) is 5.23. The molecule has 0 atom stereocenters. The fourth-order valence-corrected chi connectivity index (χ4v) is 4.61. The van der Waals surface area contributed by atoms with Crippen LogP contribution < -0.4 is 16.6 Å². The Hall–Kier alpha value is -4.57. The number of benzene rings is 1. The summed E-state index contributed by atoms with van der Waals surface area (Å²) in [6.07, 6.45) is 13.1. The van der Waals surface area contributed by atoms with Crippen molar-refractivity contribution in [2.75, 3.05) is 33.7 Å². The third-order valence-corrected chi connectivity index (χ3v) is 6.81. The van der Waals surface area contributed by atoms with Crippen molar-refractivity contribution in [3.8, 4) is 0 Å². The molecule has 0 aliphatic carbocycles. The Labute approximate surface area is 268 Å². The van der Waals surface area contributed by atoms with Crippen molar-refractivity contribution in [3.63, 3.8) is 0 Å². The fourth-order valence-electron chi connectivity index (χ4n) is 4.61. The summed E-state index contributed by atoms with van der Waals surface area (Å²) in [7, 11) is 3.36. The number of H-pyrrole nitrogens is 1. The number of amides is 2. The summed E-state index contributed by atoms with van der Waals surface area (Å²) in [6, 6.07) is 6.89. The quantitative estimate of drug-likeness (QED) is 0.179. The van der Waals surface area contributed by atoms with Gasteiger partial charge in [0.2, 0.25) is 5.91 Å². The number of aromatic amines is 1. The molecule has 45 heavy (non-hydrogen) atoms. The summed E-state index contributed by atoms with van der Waals surface area (Å²) < 4.78 is 1.60. The van der Waals surface area contributed by atoms with Gasteiger partial charge >= 0.3 is 0 Å². The second-order valence-electron chi connectivity index (χ2n) is 9.97. The van der Waals surface area contributed by atoms with E-state index in [1.165, 1.54) is 30.0 Å². The van der Waals surface area contributed by atoms with Crippen LogP contribution in [-0.4, -0.2) is 70.2 Å². The lowest BCUT2D eigenvalue weighted by Gasteiger charge is -2.14. The van der Waals surface area contributed by atoms with Crippen LogP contribution >= 0.6 is 0 Å². The highest BCUT2D eigenvalue weighted by molar-refractivity contribution is 5.94. The van der Waals surface area contributed by atoms with E-state index in [0.29, 0.717) is 46.6 Å². The molecular formula is C35H52N6O4. The van der Waals surface area contributed by atoms with E-state index in [1.807, 2.05) is 27.7 Å². The molecule has 10 heteroatoms. The lowest BCUT2D eigenvalue weighted by molar-refractivity contribution is -0.120. The van der Waals surface area contributed by atoms with Gasteiger partial charge in [-0.25, -0.2) is 0 Å². The Morgan fingerprint density at radius 2 is 1.69 bits per heavy atom. The van der Waals surface area contributed by atoms with E-state index in [-0.39, 0.29) is 23.8 Å². The van der Waals surface area contributed by atoms with Crippen LogP contribution in [0, 0.1) is 0 Å². The third-order valence-electron chi connectivity index (χ3n) is 6.81. The first-order valence-electron chi connectivity index (χ1n) is 15.7. The van der Waals surface area contributed by atoms with E-state index in [4.69, 9.17) is 5.73 Å². The Morgan fingerprint density at radius 3 is 2.24 bits per heavy atom. The maximum absolute atomic E-state index is 13.0. The van der Waals surface area contributed by atoms with Crippen LogP contribution in [-0.2, 0) is 17.8 Å². The molecular weight excluding hydrogens is 568 g/mol. The zero-order valence-electron chi connectivity index (χ0n) is 27.8. The van der Waals surface area contributed by atoms with Crippen LogP contribution in [0.4, 0.5) is 0 Å². The van der Waals surface area contributed by atoms with Gasteiger partial charge in [0.1, 0.15) is 0 Å². The van der Waals surface area contributed by atoms with E-state index in [9.17, 15) is 19.5 Å². The number of carbonyl (C=O) groups excluding carboxylic acids is 2. The monoisotopic (exact) mass is 620 g/mol. The molecule has 5 N–H and O–H groups in total. The van der Waals surface area contributed by atoms with Crippen LogP contribution in [0.3, 0.4) is 0 Å². The van der Waals surface area contributed by atoms with Crippen molar-refractivity contribution in [2.24, 2.45) is 5.73 Å². The molecule has 1 fully saturated rings. The van der Waals surface area contributed by atoms with Crippen LogP contribution in [0.1, 0.15) is 74.1 Å². The molecule has 1 aliphatic heterocycles. The SMILES string of the molecule is C=C/C=C\c1c(CCC(=O)NC(=C\N)/C=C(\C=C\O)c2ccc(C(=O)N(C)C)cc2)[nH]n(CCN2CCCC2)c1=O.CC.CC. The van der Waals surface area contributed by atoms with E-state index >= 15 is 0 Å². The Kier molecular flexibility index (Phi) is 18.1. The lowest BCUT2D eigenvalue weighted by Crippen LogP contribution is -2.28. The molecule has 0 radical (unpaired) electrons. The van der Waals surface area contributed by atoms with Crippen molar-refractivity contribution >= 4 is 23.5 Å². The Bertz CT molecular complexity index is 1390. The first kappa shape index (κ1) is 38.5. The number of hydrogen-bond donors (Lipinski definition) is 4. The highest BCUT2D eigenvalue weighted by Crippen LogP contribution is 2.19. The molecule has 1 aliphatic rings. The van der Waals surface area contributed by atoms with Gasteiger partial charge in [0, 0.05) is 44.5 Å². The Balaban J connectivity index is 0.00000243. The largest absolute Gasteiger partial charge is 0.516 e. The first-order valence-corrected chi connectivity index (χ1v) is 15.7. The normalized spacial score (nSPS) is 13.6. The summed E-state index contributed by atoms with van der Waals surface area (Å²) in [5, 5.41) is 15.4. The number of aromatic nitrogens is 2. The summed E-state index contributed by atoms with van der Waals surface area (Å²) in [5.74, 6) is -0.414. The van der Waals surface area contributed by atoms with E-state index in [0.717, 1.165) is 25.9 Å². The van der Waals surface area contributed by atoms with Gasteiger partial charge in [-0.3, -0.25) is 24.2 Å². The van der Waals surface area contributed by atoms with Gasteiger partial charge in [-0.05, 0) is 73.8 Å². The maximum atomic E-state index is 13.0. The summed E-state index contributed by atoms with van der Waals surface area (Å²) in [5.41, 5.74) is 9.02. The Morgan fingerprint density at radius 1 is 1.07 bits per heavy atom. The fraction of sp³-hybridized carbons (Fsp3) is 0.400. The number of nitrogens with zero attached hydrogens (tertiary/aromatic N) is 3. The van der Waals surface area contributed by atoms with Gasteiger partial charge in [0.05, 0.1) is 24.1 Å². The highest BCUT2D eigenvalue weighted by Gasteiger charge is 2.16. The maximum Gasteiger partial charge on any atom is 0.274 e. The minimum Gasteiger partial charge on any atom is -0.516 e. The number of aliphatic hydroxyl groups is 1. The van der Waals surface area contributed by atoms with Crippen molar-refractivity contribution in [1.82, 2.24) is 24.9 Å². The number of aryl methyl sites for hydroxylation is 1. The number of nitrogens with two attached hydrogens (primary N) is 1. The van der Waals surface area contributed by atoms with E-state index in [1.54, 1.807) is 67.3 Å². The zero-order valence-corrected chi connectivity index (χ0v) is 27.8. The van der Waals surface area contributed by atoms with Gasteiger partial charge in [-0.1, -0.05) is 58.6 Å².